The minimum atomic E-state index is -0.517. The smallest absolute Gasteiger partial charge is 0.257 e. The Labute approximate surface area is 244 Å². The third-order valence-corrected chi connectivity index (χ3v) is 8.85. The summed E-state index contributed by atoms with van der Waals surface area (Å²) in [6.45, 7) is 0.649. The zero-order valence-corrected chi connectivity index (χ0v) is 23.8. The van der Waals surface area contributed by atoms with Crippen LogP contribution in [-0.4, -0.2) is 67.6 Å². The zero-order valence-electron chi connectivity index (χ0n) is 23.8. The second-order valence-electron chi connectivity index (χ2n) is 11.5. The number of carbonyl (C=O) groups excluding carboxylic acids is 1. The lowest BCUT2D eigenvalue weighted by molar-refractivity contribution is 0.0448. The molecule has 2 fully saturated rings. The first-order chi connectivity index (χ1) is 20.5. The van der Waals surface area contributed by atoms with E-state index in [2.05, 4.69) is 44.3 Å². The van der Waals surface area contributed by atoms with Crippen molar-refractivity contribution in [1.29, 1.82) is 0 Å². The molecule has 216 valence electrons. The highest BCUT2D eigenvalue weighted by Gasteiger charge is 2.33. The lowest BCUT2D eigenvalue weighted by atomic mass is 9.89. The molecule has 1 aromatic carbocycles. The predicted molar refractivity (Wildman–Crippen MR) is 160 cm³/mol. The maximum Gasteiger partial charge on any atom is 0.257 e. The number of aliphatic hydroxyl groups excluding tert-OH is 1. The summed E-state index contributed by atoms with van der Waals surface area (Å²) in [5.41, 5.74) is 4.57. The van der Waals surface area contributed by atoms with Gasteiger partial charge in [0.05, 0.1) is 36.2 Å². The van der Waals surface area contributed by atoms with E-state index in [-0.39, 0.29) is 24.1 Å². The van der Waals surface area contributed by atoms with Gasteiger partial charge in [0.2, 0.25) is 0 Å². The molecule has 2 unspecified atom stereocenters. The predicted octanol–water partition coefficient (Wildman–Crippen LogP) is 4.38. The molecule has 4 atom stereocenters. The van der Waals surface area contributed by atoms with Crippen molar-refractivity contribution in [3.8, 4) is 11.3 Å². The number of aromatic nitrogens is 5. The third-order valence-electron chi connectivity index (χ3n) is 8.85. The first-order valence-electron chi connectivity index (χ1n) is 14.6. The number of rotatable bonds is 8. The van der Waals surface area contributed by atoms with Gasteiger partial charge in [-0.1, -0.05) is 30.3 Å². The number of nitrogens with one attached hydrogen (secondary N) is 1. The van der Waals surface area contributed by atoms with E-state index in [0.29, 0.717) is 24.2 Å². The molecular weight excluding hydrogens is 530 g/mol. The second kappa shape index (κ2) is 10.8. The van der Waals surface area contributed by atoms with Gasteiger partial charge in [0.25, 0.3) is 5.91 Å². The molecule has 42 heavy (non-hydrogen) atoms. The lowest BCUT2D eigenvalue weighted by Gasteiger charge is -2.32. The van der Waals surface area contributed by atoms with Crippen LogP contribution in [0.4, 0.5) is 5.82 Å². The maximum atomic E-state index is 13.4. The number of carbonyl (C=O) groups is 1. The van der Waals surface area contributed by atoms with Gasteiger partial charge in [-0.25, -0.2) is 9.97 Å². The molecule has 0 bridgehead atoms. The summed E-state index contributed by atoms with van der Waals surface area (Å²) in [5.74, 6) is 0.523. The molecule has 10 nitrogen and oxygen atoms in total. The summed E-state index contributed by atoms with van der Waals surface area (Å²) >= 11 is 0. The summed E-state index contributed by atoms with van der Waals surface area (Å²) < 4.78 is 9.82. The molecule has 7 rings (SSSR count). The number of methoxy groups -OCH3 is 1. The minimum Gasteiger partial charge on any atom is -0.391 e. The van der Waals surface area contributed by atoms with Crippen molar-refractivity contribution in [2.75, 3.05) is 19.1 Å². The molecule has 0 aliphatic heterocycles. The number of anilines is 1. The van der Waals surface area contributed by atoms with Crippen LogP contribution in [0.15, 0.2) is 67.1 Å². The van der Waals surface area contributed by atoms with Crippen molar-refractivity contribution in [3.63, 3.8) is 0 Å². The first-order valence-corrected chi connectivity index (χ1v) is 14.6. The van der Waals surface area contributed by atoms with Crippen molar-refractivity contribution in [1.82, 2.24) is 29.5 Å². The monoisotopic (exact) mass is 565 g/mol. The van der Waals surface area contributed by atoms with Crippen LogP contribution in [0.25, 0.3) is 27.9 Å². The largest absolute Gasteiger partial charge is 0.391 e. The topological polar surface area (TPSA) is 110 Å². The van der Waals surface area contributed by atoms with E-state index in [9.17, 15) is 9.90 Å². The molecule has 0 radical (unpaired) electrons. The van der Waals surface area contributed by atoms with Gasteiger partial charge in [-0.05, 0) is 49.8 Å². The average molecular weight is 566 g/mol. The Bertz CT molecular complexity index is 1750. The highest BCUT2D eigenvalue weighted by Crippen LogP contribution is 2.39. The summed E-state index contributed by atoms with van der Waals surface area (Å²) in [6, 6.07) is 16.2. The molecule has 2 N–H and O–H groups in total. The van der Waals surface area contributed by atoms with Gasteiger partial charge in [0, 0.05) is 50.1 Å². The van der Waals surface area contributed by atoms with E-state index in [1.54, 1.807) is 17.8 Å². The van der Waals surface area contributed by atoms with Gasteiger partial charge in [0.1, 0.15) is 17.0 Å². The van der Waals surface area contributed by atoms with E-state index in [1.807, 2.05) is 43.6 Å². The lowest BCUT2D eigenvalue weighted by Crippen LogP contribution is -2.50. The summed E-state index contributed by atoms with van der Waals surface area (Å²) in [6.07, 6.45) is 9.74. The number of aliphatic hydroxyl groups is 1. The standard InChI is InChI=1S/C32H35N7O3/c1-37(18-20-8-4-3-5-9-20)29-16-25(35-31-22(17-34-39(29)31)32(41)36-24-13-14-27(24)40)23-19-38(26-11-6-12-28(26)42-2)30-21(23)10-7-15-33-30/h3-5,7-10,15-17,19,24,26-28,40H,6,11-14,18H2,1-2H3,(H,36,41)/t24?,26-,27?,28-/m0/s1. The van der Waals surface area contributed by atoms with E-state index >= 15 is 0 Å². The number of nitrogens with zero attached hydrogens (tertiary/aromatic N) is 6. The first kappa shape index (κ1) is 26.6. The van der Waals surface area contributed by atoms with Gasteiger partial charge >= 0.3 is 0 Å². The quantitative estimate of drug-likeness (QED) is 0.287. The summed E-state index contributed by atoms with van der Waals surface area (Å²) in [7, 11) is 3.80. The SMILES string of the molecule is CO[C@H]1CCC[C@@H]1n1cc(-c2cc(N(C)Cc3ccccc3)n3ncc(C(=O)NC4CCC4O)c3n2)c2cccnc21. The molecular formula is C32H35N7O3. The Morgan fingerprint density at radius 1 is 1.12 bits per heavy atom. The second-order valence-corrected chi connectivity index (χ2v) is 11.5. The summed E-state index contributed by atoms with van der Waals surface area (Å²) in [5, 5.41) is 18.6. The van der Waals surface area contributed by atoms with Crippen molar-refractivity contribution < 1.29 is 14.6 Å². The number of fused-ring (bicyclic) bond motifs is 2. The van der Waals surface area contributed by atoms with Crippen molar-refractivity contribution in [2.24, 2.45) is 0 Å². The Hall–Kier alpha value is -4.28. The van der Waals surface area contributed by atoms with Gasteiger partial charge in [-0.3, -0.25) is 4.79 Å². The molecule has 5 aromatic rings. The average Bonchev–Trinajstić information content (AvgIpc) is 3.75. The van der Waals surface area contributed by atoms with Crippen LogP contribution in [0.5, 0.6) is 0 Å². The Morgan fingerprint density at radius 2 is 1.98 bits per heavy atom. The number of hydrogen-bond donors (Lipinski definition) is 2. The molecule has 2 aliphatic rings. The molecule has 1 amide bonds. The van der Waals surface area contributed by atoms with Crippen molar-refractivity contribution in [2.45, 2.75) is 62.9 Å². The van der Waals surface area contributed by atoms with Gasteiger partial charge in [0.15, 0.2) is 5.65 Å². The molecule has 2 aliphatic carbocycles. The zero-order chi connectivity index (χ0) is 28.8. The minimum absolute atomic E-state index is 0.130. The van der Waals surface area contributed by atoms with Gasteiger partial charge in [-0.15, -0.1) is 0 Å². The number of benzene rings is 1. The van der Waals surface area contributed by atoms with Crippen LogP contribution < -0.4 is 10.2 Å². The Kier molecular flexibility index (Phi) is 6.87. The Balaban J connectivity index is 1.37. The van der Waals surface area contributed by atoms with Crippen LogP contribution in [0.2, 0.25) is 0 Å². The maximum absolute atomic E-state index is 13.4. The Morgan fingerprint density at radius 3 is 2.74 bits per heavy atom. The van der Waals surface area contributed by atoms with Crippen molar-refractivity contribution >= 4 is 28.4 Å². The highest BCUT2D eigenvalue weighted by atomic mass is 16.5. The van der Waals surface area contributed by atoms with Crippen molar-refractivity contribution in [3.05, 3.63) is 78.2 Å². The fourth-order valence-corrected chi connectivity index (χ4v) is 6.39. The summed E-state index contributed by atoms with van der Waals surface area (Å²) in [4.78, 5) is 25.3. The van der Waals surface area contributed by atoms with Crippen LogP contribution >= 0.6 is 0 Å². The van der Waals surface area contributed by atoms with Gasteiger partial charge in [-0.2, -0.15) is 9.61 Å². The van der Waals surface area contributed by atoms with E-state index in [0.717, 1.165) is 59.4 Å². The number of pyridine rings is 1. The third kappa shape index (κ3) is 4.60. The number of amides is 1. The van der Waals surface area contributed by atoms with E-state index in [4.69, 9.17) is 14.7 Å². The van der Waals surface area contributed by atoms with Crippen LogP contribution in [0.1, 0.15) is 54.1 Å². The normalized spacial score (nSPS) is 22.0. The highest BCUT2D eigenvalue weighted by molar-refractivity contribution is 6.01. The molecule has 4 heterocycles. The molecule has 10 heteroatoms. The molecule has 0 spiro atoms. The van der Waals surface area contributed by atoms with Crippen LogP contribution in [0.3, 0.4) is 0 Å². The number of hydrogen-bond acceptors (Lipinski definition) is 7. The van der Waals surface area contributed by atoms with E-state index in [1.165, 1.54) is 0 Å². The number of ether oxygens (including phenoxy) is 1. The molecule has 0 saturated heterocycles. The van der Waals surface area contributed by atoms with Gasteiger partial charge < -0.3 is 24.6 Å². The fraction of sp³-hybridized carbons (Fsp3) is 0.375. The molecule has 2 saturated carbocycles. The molecule has 4 aromatic heterocycles. The van der Waals surface area contributed by atoms with E-state index < -0.39 is 6.10 Å². The fourth-order valence-electron chi connectivity index (χ4n) is 6.39. The van der Waals surface area contributed by atoms with Crippen LogP contribution in [0, 0.1) is 0 Å². The van der Waals surface area contributed by atoms with Crippen LogP contribution in [-0.2, 0) is 11.3 Å².